The lowest BCUT2D eigenvalue weighted by Crippen LogP contribution is -2.56. The molecule has 19 heavy (non-hydrogen) atoms. The SMILES string of the molecule is CC(C)CC1CNC(C)CN1CCS(=O)(=O)C(C)C. The maximum atomic E-state index is 11.9. The van der Waals surface area contributed by atoms with Gasteiger partial charge in [-0.15, -0.1) is 0 Å². The number of piperazine rings is 1. The third-order valence-corrected chi connectivity index (χ3v) is 6.04. The van der Waals surface area contributed by atoms with Gasteiger partial charge in [0.2, 0.25) is 0 Å². The molecule has 0 aromatic carbocycles. The summed E-state index contributed by atoms with van der Waals surface area (Å²) in [5.74, 6) is 0.927. The standard InChI is InChI=1S/C14H30N2O2S/c1-11(2)8-14-9-15-13(5)10-16(14)6-7-19(17,18)12(3)4/h11-15H,6-10H2,1-5H3. The topological polar surface area (TPSA) is 49.4 Å². The molecule has 114 valence electrons. The third-order valence-electron chi connectivity index (χ3n) is 3.85. The van der Waals surface area contributed by atoms with Crippen LogP contribution in [0.5, 0.6) is 0 Å². The van der Waals surface area contributed by atoms with E-state index in [4.69, 9.17) is 0 Å². The molecule has 1 N–H and O–H groups in total. The van der Waals surface area contributed by atoms with Gasteiger partial charge in [0.05, 0.1) is 11.0 Å². The van der Waals surface area contributed by atoms with Crippen LogP contribution in [0, 0.1) is 5.92 Å². The van der Waals surface area contributed by atoms with Gasteiger partial charge in [0, 0.05) is 31.7 Å². The Morgan fingerprint density at radius 1 is 1.26 bits per heavy atom. The Bertz CT molecular complexity index is 366. The normalized spacial score (nSPS) is 26.3. The highest BCUT2D eigenvalue weighted by Crippen LogP contribution is 2.16. The zero-order chi connectivity index (χ0) is 14.6. The van der Waals surface area contributed by atoms with Crippen molar-refractivity contribution in [1.29, 1.82) is 0 Å². The van der Waals surface area contributed by atoms with Gasteiger partial charge in [-0.1, -0.05) is 13.8 Å². The van der Waals surface area contributed by atoms with Crippen molar-refractivity contribution in [3.63, 3.8) is 0 Å². The molecule has 0 bridgehead atoms. The second-order valence-corrected chi connectivity index (χ2v) is 9.18. The molecule has 1 aliphatic rings. The van der Waals surface area contributed by atoms with Crippen LogP contribution in [0.15, 0.2) is 0 Å². The number of sulfone groups is 1. The van der Waals surface area contributed by atoms with Gasteiger partial charge in [0.25, 0.3) is 0 Å². The summed E-state index contributed by atoms with van der Waals surface area (Å²) in [6, 6.07) is 0.920. The van der Waals surface area contributed by atoms with E-state index in [9.17, 15) is 8.42 Å². The molecule has 5 heteroatoms. The van der Waals surface area contributed by atoms with Crippen LogP contribution in [0.1, 0.15) is 41.0 Å². The number of nitrogens with zero attached hydrogens (tertiary/aromatic N) is 1. The van der Waals surface area contributed by atoms with Gasteiger partial charge in [-0.3, -0.25) is 4.90 Å². The van der Waals surface area contributed by atoms with Crippen molar-refractivity contribution in [2.45, 2.75) is 58.4 Å². The van der Waals surface area contributed by atoms with Gasteiger partial charge in [-0.25, -0.2) is 8.42 Å². The summed E-state index contributed by atoms with van der Waals surface area (Å²) in [6.07, 6.45) is 1.13. The molecule has 1 rings (SSSR count). The largest absolute Gasteiger partial charge is 0.311 e. The first-order valence-corrected chi connectivity index (χ1v) is 9.13. The van der Waals surface area contributed by atoms with Crippen LogP contribution in [0.25, 0.3) is 0 Å². The van der Waals surface area contributed by atoms with Crippen molar-refractivity contribution in [1.82, 2.24) is 10.2 Å². The zero-order valence-corrected chi connectivity index (χ0v) is 13.8. The lowest BCUT2D eigenvalue weighted by atomic mass is 9.99. The number of hydrogen-bond acceptors (Lipinski definition) is 4. The van der Waals surface area contributed by atoms with Crippen LogP contribution >= 0.6 is 0 Å². The van der Waals surface area contributed by atoms with Crippen molar-refractivity contribution in [3.8, 4) is 0 Å². The highest BCUT2D eigenvalue weighted by molar-refractivity contribution is 7.92. The second kappa shape index (κ2) is 7.04. The molecule has 1 aliphatic heterocycles. The molecule has 1 fully saturated rings. The highest BCUT2D eigenvalue weighted by atomic mass is 32.2. The molecule has 0 amide bonds. The number of hydrogen-bond donors (Lipinski definition) is 1. The molecule has 1 saturated heterocycles. The van der Waals surface area contributed by atoms with E-state index in [-0.39, 0.29) is 11.0 Å². The summed E-state index contributed by atoms with van der Waals surface area (Å²) < 4.78 is 23.9. The Labute approximate surface area is 118 Å². The Balaban J connectivity index is 2.60. The van der Waals surface area contributed by atoms with Crippen LogP contribution in [-0.4, -0.2) is 56.0 Å². The Morgan fingerprint density at radius 3 is 2.42 bits per heavy atom. The summed E-state index contributed by atoms with van der Waals surface area (Å²) in [7, 11) is -2.93. The van der Waals surface area contributed by atoms with E-state index in [2.05, 4.69) is 31.0 Å². The fourth-order valence-corrected chi connectivity index (χ4v) is 3.52. The Hall–Kier alpha value is -0.130. The molecular formula is C14H30N2O2S. The van der Waals surface area contributed by atoms with Gasteiger partial charge in [0.15, 0.2) is 9.84 Å². The molecule has 0 aromatic rings. The van der Waals surface area contributed by atoms with Crippen molar-refractivity contribution in [2.75, 3.05) is 25.4 Å². The first kappa shape index (κ1) is 16.9. The van der Waals surface area contributed by atoms with Crippen LogP contribution in [0.2, 0.25) is 0 Å². The van der Waals surface area contributed by atoms with Crippen LogP contribution in [0.3, 0.4) is 0 Å². The average Bonchev–Trinajstić information content (AvgIpc) is 2.28. The van der Waals surface area contributed by atoms with Gasteiger partial charge in [-0.05, 0) is 33.1 Å². The second-order valence-electron chi connectivity index (χ2n) is 6.50. The zero-order valence-electron chi connectivity index (χ0n) is 13.0. The quantitative estimate of drug-likeness (QED) is 0.806. The molecule has 0 aliphatic carbocycles. The van der Waals surface area contributed by atoms with Crippen molar-refractivity contribution in [3.05, 3.63) is 0 Å². The predicted octanol–water partition coefficient (Wildman–Crippen LogP) is 1.52. The summed E-state index contributed by atoms with van der Waals surface area (Å²) in [5.41, 5.74) is 0. The Kier molecular flexibility index (Phi) is 6.27. The van der Waals surface area contributed by atoms with E-state index < -0.39 is 9.84 Å². The minimum Gasteiger partial charge on any atom is -0.311 e. The van der Waals surface area contributed by atoms with Gasteiger partial charge < -0.3 is 5.32 Å². The number of rotatable bonds is 6. The summed E-state index contributed by atoms with van der Waals surface area (Å²) >= 11 is 0. The molecule has 0 radical (unpaired) electrons. The lowest BCUT2D eigenvalue weighted by molar-refractivity contribution is 0.126. The van der Waals surface area contributed by atoms with Crippen molar-refractivity contribution >= 4 is 9.84 Å². The molecule has 1 heterocycles. The number of nitrogens with one attached hydrogen (secondary N) is 1. The van der Waals surface area contributed by atoms with Crippen molar-refractivity contribution in [2.24, 2.45) is 5.92 Å². The van der Waals surface area contributed by atoms with Crippen LogP contribution in [0.4, 0.5) is 0 Å². The van der Waals surface area contributed by atoms with E-state index in [1.807, 2.05) is 0 Å². The molecule has 0 saturated carbocycles. The minimum absolute atomic E-state index is 0.267. The molecular weight excluding hydrogens is 260 g/mol. The van der Waals surface area contributed by atoms with Crippen molar-refractivity contribution < 1.29 is 8.42 Å². The van der Waals surface area contributed by atoms with E-state index in [0.717, 1.165) is 19.5 Å². The van der Waals surface area contributed by atoms with E-state index >= 15 is 0 Å². The third kappa shape index (κ3) is 5.40. The van der Waals surface area contributed by atoms with Gasteiger partial charge >= 0.3 is 0 Å². The summed E-state index contributed by atoms with van der Waals surface area (Å²) in [5, 5.41) is 3.23. The maximum absolute atomic E-state index is 11.9. The first-order valence-electron chi connectivity index (χ1n) is 7.41. The molecule has 0 spiro atoms. The molecule has 2 unspecified atom stereocenters. The fourth-order valence-electron chi connectivity index (χ4n) is 2.56. The Morgan fingerprint density at radius 2 is 1.89 bits per heavy atom. The summed E-state index contributed by atoms with van der Waals surface area (Å²) in [6.45, 7) is 12.7. The first-order chi connectivity index (χ1) is 8.72. The van der Waals surface area contributed by atoms with E-state index in [1.54, 1.807) is 13.8 Å². The van der Waals surface area contributed by atoms with E-state index in [0.29, 0.717) is 24.5 Å². The maximum Gasteiger partial charge on any atom is 0.153 e. The highest BCUT2D eigenvalue weighted by Gasteiger charge is 2.27. The van der Waals surface area contributed by atoms with Gasteiger partial charge in [-0.2, -0.15) is 0 Å². The van der Waals surface area contributed by atoms with Crippen LogP contribution < -0.4 is 5.32 Å². The predicted molar refractivity (Wildman–Crippen MR) is 81.2 cm³/mol. The molecule has 2 atom stereocenters. The fraction of sp³-hybridized carbons (Fsp3) is 1.00. The van der Waals surface area contributed by atoms with E-state index in [1.165, 1.54) is 0 Å². The smallest absolute Gasteiger partial charge is 0.153 e. The van der Waals surface area contributed by atoms with Crippen LogP contribution in [-0.2, 0) is 9.84 Å². The lowest BCUT2D eigenvalue weighted by Gasteiger charge is -2.40. The monoisotopic (exact) mass is 290 g/mol. The molecule has 4 nitrogen and oxygen atoms in total. The van der Waals surface area contributed by atoms with Gasteiger partial charge in [0.1, 0.15) is 0 Å². The summed E-state index contributed by atoms with van der Waals surface area (Å²) in [4.78, 5) is 2.36. The minimum atomic E-state index is -2.93. The average molecular weight is 290 g/mol. The molecule has 0 aromatic heterocycles.